The molecule has 0 aromatic carbocycles. The highest BCUT2D eigenvalue weighted by Crippen LogP contribution is 2.33. The number of methoxy groups -OCH3 is 1. The van der Waals surface area contributed by atoms with Crippen LogP contribution in [0.3, 0.4) is 0 Å². The van der Waals surface area contributed by atoms with Crippen molar-refractivity contribution in [1.82, 2.24) is 9.97 Å². The van der Waals surface area contributed by atoms with Crippen LogP contribution in [-0.4, -0.2) is 23.1 Å². The lowest BCUT2D eigenvalue weighted by Crippen LogP contribution is -2.19. The molecule has 1 N–H and O–H groups in total. The molecule has 112 valence electrons. The summed E-state index contributed by atoms with van der Waals surface area (Å²) in [7, 11) is 1.68. The van der Waals surface area contributed by atoms with Crippen LogP contribution in [0, 0.1) is 0 Å². The third kappa shape index (κ3) is 2.19. The molecule has 0 spiro atoms. The minimum atomic E-state index is 0.176. The highest BCUT2D eigenvalue weighted by Gasteiger charge is 2.20. The summed E-state index contributed by atoms with van der Waals surface area (Å²) in [5.41, 5.74) is 2.85. The third-order valence-electron chi connectivity index (χ3n) is 4.05. The van der Waals surface area contributed by atoms with Crippen molar-refractivity contribution in [2.75, 3.05) is 12.4 Å². The first kappa shape index (κ1) is 13.1. The number of anilines is 1. The van der Waals surface area contributed by atoms with E-state index in [9.17, 15) is 0 Å². The second kappa shape index (κ2) is 5.33. The first-order valence-electron chi connectivity index (χ1n) is 7.47. The van der Waals surface area contributed by atoms with Crippen LogP contribution >= 0.6 is 0 Å². The predicted molar refractivity (Wildman–Crippen MR) is 85.4 cm³/mol. The zero-order valence-electron chi connectivity index (χ0n) is 12.4. The van der Waals surface area contributed by atoms with Gasteiger partial charge in [0.25, 0.3) is 0 Å². The number of allylic oxidation sites excluding steroid dienone is 2. The number of rotatable bonds is 3. The van der Waals surface area contributed by atoms with Gasteiger partial charge < -0.3 is 14.5 Å². The van der Waals surface area contributed by atoms with Gasteiger partial charge in [0.05, 0.1) is 7.11 Å². The summed E-state index contributed by atoms with van der Waals surface area (Å²) < 4.78 is 11.2. The molecule has 2 aliphatic rings. The number of aryl methyl sites for hydroxylation is 1. The van der Waals surface area contributed by atoms with E-state index >= 15 is 0 Å². The van der Waals surface area contributed by atoms with Gasteiger partial charge in [0.15, 0.2) is 11.4 Å². The fourth-order valence-electron chi connectivity index (χ4n) is 2.91. The molecule has 2 aliphatic carbocycles. The SMILES string of the molecule is COC1=CCC(Nc2ncnc3c4c(oc23)C=CCC4)C=C1. The van der Waals surface area contributed by atoms with Crippen LogP contribution in [0.1, 0.15) is 24.2 Å². The standard InChI is InChI=1S/C17H17N3O2/c1-21-12-8-6-11(7-9-12)20-17-16-15(18-10-19-17)13-4-2-3-5-14(13)22-16/h3,5-6,8-11H,2,4,7H2,1H3,(H,18,19,20). The van der Waals surface area contributed by atoms with Gasteiger partial charge in [-0.05, 0) is 37.5 Å². The zero-order chi connectivity index (χ0) is 14.9. The van der Waals surface area contributed by atoms with Gasteiger partial charge >= 0.3 is 0 Å². The van der Waals surface area contributed by atoms with Crippen LogP contribution in [0.25, 0.3) is 17.2 Å². The van der Waals surface area contributed by atoms with Crippen LogP contribution in [0.2, 0.25) is 0 Å². The lowest BCUT2D eigenvalue weighted by atomic mass is 10.0. The molecule has 0 fully saturated rings. The Balaban J connectivity index is 1.66. The summed E-state index contributed by atoms with van der Waals surface area (Å²) in [6.07, 6.45) is 14.7. The number of ether oxygens (including phenoxy) is 1. The number of hydrogen-bond donors (Lipinski definition) is 1. The van der Waals surface area contributed by atoms with Gasteiger partial charge in [-0.1, -0.05) is 12.2 Å². The van der Waals surface area contributed by atoms with Crippen molar-refractivity contribution in [3.8, 4) is 0 Å². The van der Waals surface area contributed by atoms with E-state index in [4.69, 9.17) is 9.15 Å². The molecule has 1 unspecified atom stereocenters. The molecule has 2 aromatic heterocycles. The second-order valence-electron chi connectivity index (χ2n) is 5.44. The molecule has 0 saturated heterocycles. The summed E-state index contributed by atoms with van der Waals surface area (Å²) >= 11 is 0. The smallest absolute Gasteiger partial charge is 0.195 e. The molecule has 22 heavy (non-hydrogen) atoms. The Kier molecular flexibility index (Phi) is 3.18. The van der Waals surface area contributed by atoms with Crippen LogP contribution in [0.15, 0.2) is 40.8 Å². The number of fused-ring (bicyclic) bond motifs is 3. The highest BCUT2D eigenvalue weighted by atomic mass is 16.5. The Bertz CT molecular complexity index is 802. The van der Waals surface area contributed by atoms with E-state index in [1.807, 2.05) is 12.2 Å². The van der Waals surface area contributed by atoms with E-state index in [-0.39, 0.29) is 6.04 Å². The molecular weight excluding hydrogens is 278 g/mol. The largest absolute Gasteiger partial charge is 0.497 e. The van der Waals surface area contributed by atoms with E-state index in [0.717, 1.165) is 47.7 Å². The Labute approximate surface area is 128 Å². The monoisotopic (exact) mass is 295 g/mol. The van der Waals surface area contributed by atoms with E-state index < -0.39 is 0 Å². The fraction of sp³-hybridized carbons (Fsp3) is 0.294. The van der Waals surface area contributed by atoms with E-state index in [1.165, 1.54) is 5.56 Å². The number of nitrogens with zero attached hydrogens (tertiary/aromatic N) is 2. The Morgan fingerprint density at radius 1 is 1.32 bits per heavy atom. The lowest BCUT2D eigenvalue weighted by molar-refractivity contribution is 0.303. The van der Waals surface area contributed by atoms with E-state index in [2.05, 4.69) is 33.5 Å². The summed E-state index contributed by atoms with van der Waals surface area (Å²) in [5.74, 6) is 2.55. The molecule has 0 saturated carbocycles. The number of hydrogen-bond acceptors (Lipinski definition) is 5. The van der Waals surface area contributed by atoms with Crippen molar-refractivity contribution < 1.29 is 9.15 Å². The summed E-state index contributed by atoms with van der Waals surface area (Å²) in [4.78, 5) is 8.76. The molecule has 0 radical (unpaired) electrons. The number of furan rings is 1. The van der Waals surface area contributed by atoms with Crippen molar-refractivity contribution in [2.24, 2.45) is 0 Å². The van der Waals surface area contributed by atoms with Crippen molar-refractivity contribution in [3.63, 3.8) is 0 Å². The van der Waals surface area contributed by atoms with Gasteiger partial charge in [-0.15, -0.1) is 0 Å². The quantitative estimate of drug-likeness (QED) is 0.939. The molecule has 0 bridgehead atoms. The molecule has 4 rings (SSSR count). The van der Waals surface area contributed by atoms with Crippen LogP contribution in [-0.2, 0) is 11.2 Å². The first-order valence-corrected chi connectivity index (χ1v) is 7.47. The average molecular weight is 295 g/mol. The van der Waals surface area contributed by atoms with Crippen molar-refractivity contribution in [1.29, 1.82) is 0 Å². The number of aromatic nitrogens is 2. The molecule has 5 nitrogen and oxygen atoms in total. The molecule has 2 aromatic rings. The average Bonchev–Trinajstić information content (AvgIpc) is 2.95. The highest BCUT2D eigenvalue weighted by molar-refractivity contribution is 5.89. The first-order chi connectivity index (χ1) is 10.8. The summed E-state index contributed by atoms with van der Waals surface area (Å²) in [5, 5.41) is 3.42. The molecule has 2 heterocycles. The third-order valence-corrected chi connectivity index (χ3v) is 4.05. The van der Waals surface area contributed by atoms with Gasteiger partial charge in [0.2, 0.25) is 0 Å². The van der Waals surface area contributed by atoms with Crippen molar-refractivity contribution >= 4 is 23.0 Å². The molecular formula is C17H17N3O2. The van der Waals surface area contributed by atoms with Gasteiger partial charge in [-0.3, -0.25) is 0 Å². The minimum Gasteiger partial charge on any atom is -0.497 e. The van der Waals surface area contributed by atoms with Crippen LogP contribution < -0.4 is 5.32 Å². The van der Waals surface area contributed by atoms with Crippen molar-refractivity contribution in [3.05, 3.63) is 47.7 Å². The topological polar surface area (TPSA) is 60.2 Å². The maximum atomic E-state index is 5.97. The van der Waals surface area contributed by atoms with Gasteiger partial charge in [-0.2, -0.15) is 0 Å². The van der Waals surface area contributed by atoms with E-state index in [0.29, 0.717) is 0 Å². The zero-order valence-corrected chi connectivity index (χ0v) is 12.4. The van der Waals surface area contributed by atoms with Gasteiger partial charge in [-0.25, -0.2) is 9.97 Å². The maximum Gasteiger partial charge on any atom is 0.195 e. The molecule has 0 amide bonds. The van der Waals surface area contributed by atoms with Gasteiger partial charge in [0.1, 0.15) is 23.4 Å². The number of nitrogens with one attached hydrogen (secondary N) is 1. The molecule has 5 heteroatoms. The summed E-state index contributed by atoms with van der Waals surface area (Å²) in [6.45, 7) is 0. The molecule has 1 atom stereocenters. The van der Waals surface area contributed by atoms with E-state index in [1.54, 1.807) is 13.4 Å². The fourth-order valence-corrected chi connectivity index (χ4v) is 2.91. The predicted octanol–water partition coefficient (Wildman–Crippen LogP) is 3.45. The summed E-state index contributed by atoms with van der Waals surface area (Å²) in [6, 6.07) is 0.176. The van der Waals surface area contributed by atoms with Crippen LogP contribution in [0.4, 0.5) is 5.82 Å². The Morgan fingerprint density at radius 2 is 2.27 bits per heavy atom. The maximum absolute atomic E-state index is 5.97. The Hall–Kier alpha value is -2.56. The Morgan fingerprint density at radius 3 is 3.09 bits per heavy atom. The van der Waals surface area contributed by atoms with Gasteiger partial charge in [0, 0.05) is 11.6 Å². The normalized spacial score (nSPS) is 19.9. The van der Waals surface area contributed by atoms with Crippen LogP contribution in [0.5, 0.6) is 0 Å². The minimum absolute atomic E-state index is 0.176. The van der Waals surface area contributed by atoms with Crippen molar-refractivity contribution in [2.45, 2.75) is 25.3 Å². The molecule has 0 aliphatic heterocycles. The second-order valence-corrected chi connectivity index (χ2v) is 5.44. The lowest BCUT2D eigenvalue weighted by Gasteiger charge is -2.17.